The molecule has 0 spiro atoms. The molecule has 0 atom stereocenters. The Morgan fingerprint density at radius 2 is 1.94 bits per heavy atom. The van der Waals surface area contributed by atoms with E-state index in [0.29, 0.717) is 26.4 Å². The van der Waals surface area contributed by atoms with Gasteiger partial charge in [0.15, 0.2) is 5.17 Å². The lowest BCUT2D eigenvalue weighted by Crippen LogP contribution is -2.19. The number of amidine groups is 1. The molecule has 0 radical (unpaired) electrons. The van der Waals surface area contributed by atoms with E-state index in [1.165, 1.54) is 17.8 Å². The fourth-order valence-electron chi connectivity index (χ4n) is 2.83. The molecular weight excluding hydrogens is 503 g/mol. The maximum absolute atomic E-state index is 14.1. The number of thioether (sulfide) groups is 1. The quantitative estimate of drug-likeness (QED) is 0.383. The van der Waals surface area contributed by atoms with Crippen LogP contribution in [-0.2, 0) is 11.4 Å². The summed E-state index contributed by atoms with van der Waals surface area (Å²) in [7, 11) is 0. The molecule has 3 aromatic rings. The van der Waals surface area contributed by atoms with Gasteiger partial charge in [0.25, 0.3) is 5.91 Å². The van der Waals surface area contributed by atoms with Crippen LogP contribution in [0.1, 0.15) is 11.1 Å². The molecule has 1 aliphatic rings. The highest BCUT2D eigenvalue weighted by molar-refractivity contribution is 9.10. The lowest BCUT2D eigenvalue weighted by atomic mass is 10.1. The number of hydrogen-bond donors (Lipinski definition) is 1. The normalized spacial score (nSPS) is 16.0. The largest absolute Gasteiger partial charge is 0.488 e. The lowest BCUT2D eigenvalue weighted by molar-refractivity contribution is -0.115. The van der Waals surface area contributed by atoms with Gasteiger partial charge in [-0.25, -0.2) is 9.38 Å². The van der Waals surface area contributed by atoms with Gasteiger partial charge in [0.1, 0.15) is 18.2 Å². The van der Waals surface area contributed by atoms with E-state index in [1.807, 2.05) is 42.5 Å². The topological polar surface area (TPSA) is 50.7 Å². The third-order valence-electron chi connectivity index (χ3n) is 4.33. The Hall–Kier alpha value is -2.61. The summed E-state index contributed by atoms with van der Waals surface area (Å²) in [5.41, 5.74) is 1.69. The molecule has 1 saturated heterocycles. The number of nitrogens with zero attached hydrogens (tertiary/aromatic N) is 1. The van der Waals surface area contributed by atoms with Crippen molar-refractivity contribution in [3.63, 3.8) is 0 Å². The van der Waals surface area contributed by atoms with Gasteiger partial charge in [0, 0.05) is 15.6 Å². The van der Waals surface area contributed by atoms with Crippen LogP contribution in [-0.4, -0.2) is 11.1 Å². The number of carbonyl (C=O) groups is 1. The molecule has 31 heavy (non-hydrogen) atoms. The summed E-state index contributed by atoms with van der Waals surface area (Å²) >= 11 is 10.8. The molecule has 8 heteroatoms. The minimum Gasteiger partial charge on any atom is -0.488 e. The van der Waals surface area contributed by atoms with Gasteiger partial charge in [-0.05, 0) is 60.3 Å². The smallest absolute Gasteiger partial charge is 0.264 e. The first-order valence-electron chi connectivity index (χ1n) is 9.19. The number of hydrogen-bond acceptors (Lipinski definition) is 4. The molecule has 1 heterocycles. The van der Waals surface area contributed by atoms with E-state index in [0.717, 1.165) is 10.2 Å². The predicted octanol–water partition coefficient (Wildman–Crippen LogP) is 6.71. The highest BCUT2D eigenvalue weighted by Crippen LogP contribution is 2.33. The average Bonchev–Trinajstić information content (AvgIpc) is 3.08. The Bertz CT molecular complexity index is 1180. The molecule has 4 rings (SSSR count). The SMILES string of the molecule is O=C1NC(=Nc2ccccc2)S/C1=C/c1cc(Br)ccc1OCc1c(F)cccc1Cl. The fourth-order valence-corrected chi connectivity index (χ4v) is 4.25. The monoisotopic (exact) mass is 516 g/mol. The van der Waals surface area contributed by atoms with Gasteiger partial charge in [-0.3, -0.25) is 4.79 Å². The Morgan fingerprint density at radius 1 is 1.13 bits per heavy atom. The van der Waals surface area contributed by atoms with Crippen LogP contribution in [0, 0.1) is 5.82 Å². The molecule has 4 nitrogen and oxygen atoms in total. The number of amides is 1. The Balaban J connectivity index is 1.58. The molecule has 3 aromatic carbocycles. The second-order valence-electron chi connectivity index (χ2n) is 6.49. The van der Waals surface area contributed by atoms with Crippen molar-refractivity contribution in [2.75, 3.05) is 0 Å². The standard InChI is InChI=1S/C23H15BrClFN2O2S/c24-15-9-10-20(30-13-17-18(25)7-4-8-19(17)26)14(11-15)12-21-22(29)28-23(31-21)27-16-5-2-1-3-6-16/h1-12H,13H2,(H,27,28,29)/b21-12+. The van der Waals surface area contributed by atoms with Crippen LogP contribution in [0.3, 0.4) is 0 Å². The van der Waals surface area contributed by atoms with Gasteiger partial charge in [-0.2, -0.15) is 0 Å². The molecule has 0 saturated carbocycles. The van der Waals surface area contributed by atoms with Crippen molar-refractivity contribution in [1.82, 2.24) is 5.32 Å². The Kier molecular flexibility index (Phi) is 6.75. The van der Waals surface area contributed by atoms with Crippen molar-refractivity contribution in [3.05, 3.63) is 98.1 Å². The van der Waals surface area contributed by atoms with Crippen molar-refractivity contribution < 1.29 is 13.9 Å². The number of aliphatic imine (C=N–C) groups is 1. The molecule has 1 amide bonds. The molecule has 1 fully saturated rings. The van der Waals surface area contributed by atoms with Gasteiger partial charge < -0.3 is 10.1 Å². The molecule has 0 unspecified atom stereocenters. The Morgan fingerprint density at radius 3 is 2.71 bits per heavy atom. The van der Waals surface area contributed by atoms with E-state index >= 15 is 0 Å². The predicted molar refractivity (Wildman–Crippen MR) is 127 cm³/mol. The minimum absolute atomic E-state index is 0.0383. The van der Waals surface area contributed by atoms with Gasteiger partial charge in [-0.1, -0.05) is 51.8 Å². The zero-order valence-corrected chi connectivity index (χ0v) is 19.1. The second kappa shape index (κ2) is 9.68. The lowest BCUT2D eigenvalue weighted by Gasteiger charge is -2.12. The number of ether oxygens (including phenoxy) is 1. The van der Waals surface area contributed by atoms with E-state index in [9.17, 15) is 9.18 Å². The number of nitrogens with one attached hydrogen (secondary N) is 1. The van der Waals surface area contributed by atoms with E-state index < -0.39 is 5.82 Å². The van der Waals surface area contributed by atoms with Gasteiger partial charge in [0.2, 0.25) is 0 Å². The molecular formula is C23H15BrClFN2O2S. The first kappa shape index (κ1) is 21.6. The minimum atomic E-state index is -0.433. The maximum Gasteiger partial charge on any atom is 0.264 e. The van der Waals surface area contributed by atoms with Gasteiger partial charge in [0.05, 0.1) is 15.6 Å². The van der Waals surface area contributed by atoms with E-state index in [-0.39, 0.29) is 18.1 Å². The highest BCUT2D eigenvalue weighted by Gasteiger charge is 2.24. The summed E-state index contributed by atoms with van der Waals surface area (Å²) < 4.78 is 20.7. The van der Waals surface area contributed by atoms with Crippen LogP contribution in [0.4, 0.5) is 10.1 Å². The van der Waals surface area contributed by atoms with Crippen molar-refractivity contribution in [2.24, 2.45) is 4.99 Å². The number of rotatable bonds is 5. The zero-order valence-electron chi connectivity index (χ0n) is 15.9. The molecule has 0 aliphatic carbocycles. The van der Waals surface area contributed by atoms with Crippen LogP contribution < -0.4 is 10.1 Å². The Labute approximate surface area is 196 Å². The first-order valence-corrected chi connectivity index (χ1v) is 11.2. The van der Waals surface area contributed by atoms with Crippen LogP contribution in [0.15, 0.2) is 81.1 Å². The first-order chi connectivity index (χ1) is 15.0. The van der Waals surface area contributed by atoms with E-state index in [1.54, 1.807) is 24.3 Å². The molecule has 156 valence electrons. The van der Waals surface area contributed by atoms with Crippen LogP contribution in [0.2, 0.25) is 5.02 Å². The molecule has 1 aliphatic heterocycles. The third kappa shape index (κ3) is 5.36. The number of halogens is 3. The summed E-state index contributed by atoms with van der Waals surface area (Å²) in [6.45, 7) is -0.0383. The maximum atomic E-state index is 14.1. The van der Waals surface area contributed by atoms with Gasteiger partial charge >= 0.3 is 0 Å². The molecule has 0 aromatic heterocycles. The summed E-state index contributed by atoms with van der Waals surface area (Å²) in [6, 6.07) is 19.3. The highest BCUT2D eigenvalue weighted by atomic mass is 79.9. The van der Waals surface area contributed by atoms with Crippen molar-refractivity contribution >= 4 is 62.1 Å². The number of para-hydroxylation sites is 1. The van der Waals surface area contributed by atoms with Crippen molar-refractivity contribution in [3.8, 4) is 5.75 Å². The van der Waals surface area contributed by atoms with Crippen molar-refractivity contribution in [2.45, 2.75) is 6.61 Å². The van der Waals surface area contributed by atoms with Crippen molar-refractivity contribution in [1.29, 1.82) is 0 Å². The van der Waals surface area contributed by atoms with Crippen LogP contribution >= 0.6 is 39.3 Å². The summed E-state index contributed by atoms with van der Waals surface area (Å²) in [5, 5.41) is 3.56. The van der Waals surface area contributed by atoms with Crippen LogP contribution in [0.5, 0.6) is 5.75 Å². The number of benzene rings is 3. The van der Waals surface area contributed by atoms with Crippen LogP contribution in [0.25, 0.3) is 6.08 Å². The fraction of sp³-hybridized carbons (Fsp3) is 0.0435. The third-order valence-corrected chi connectivity index (χ3v) is 6.09. The molecule has 1 N–H and O–H groups in total. The zero-order chi connectivity index (χ0) is 21.8. The summed E-state index contributed by atoms with van der Waals surface area (Å²) in [6.07, 6.45) is 1.72. The average molecular weight is 518 g/mol. The summed E-state index contributed by atoms with van der Waals surface area (Å²) in [5.74, 6) is -0.184. The van der Waals surface area contributed by atoms with E-state index in [2.05, 4.69) is 26.2 Å². The number of carbonyl (C=O) groups excluding carboxylic acids is 1. The summed E-state index contributed by atoms with van der Waals surface area (Å²) in [4.78, 5) is 17.4. The second-order valence-corrected chi connectivity index (χ2v) is 8.84. The van der Waals surface area contributed by atoms with E-state index in [4.69, 9.17) is 16.3 Å². The van der Waals surface area contributed by atoms with Gasteiger partial charge in [-0.15, -0.1) is 0 Å². The molecule has 0 bridgehead atoms.